The topological polar surface area (TPSA) is 80.8 Å². The lowest BCUT2D eigenvalue weighted by Crippen LogP contribution is -2.46. The van der Waals surface area contributed by atoms with E-state index in [-0.39, 0.29) is 39.3 Å². The van der Waals surface area contributed by atoms with E-state index < -0.39 is 30.4 Å². The number of fused-ring (bicyclic) bond motifs is 1. The van der Waals surface area contributed by atoms with Crippen molar-refractivity contribution in [3.63, 3.8) is 0 Å². The molecule has 2 aromatic carbocycles. The fourth-order valence-corrected chi connectivity index (χ4v) is 3.56. The Bertz CT molecular complexity index is 979. The Labute approximate surface area is 183 Å². The highest BCUT2D eigenvalue weighted by Gasteiger charge is 2.44. The zero-order valence-electron chi connectivity index (χ0n) is 16.4. The normalized spacial score (nSPS) is 14.1. The van der Waals surface area contributed by atoms with Gasteiger partial charge in [0.05, 0.1) is 21.2 Å². The molecule has 0 bridgehead atoms. The number of amides is 2. The van der Waals surface area contributed by atoms with Crippen LogP contribution in [0.5, 0.6) is 0 Å². The lowest BCUT2D eigenvalue weighted by atomic mass is 10.0. The van der Waals surface area contributed by atoms with Crippen molar-refractivity contribution in [3.8, 4) is 0 Å². The highest BCUT2D eigenvalue weighted by Crippen LogP contribution is 2.33. The molecule has 3 rings (SSSR count). The minimum atomic E-state index is -1.17. The van der Waals surface area contributed by atoms with Gasteiger partial charge < -0.3 is 4.74 Å². The number of carbonyl (C=O) groups excluding carboxylic acids is 4. The van der Waals surface area contributed by atoms with Crippen molar-refractivity contribution in [2.45, 2.75) is 26.3 Å². The highest BCUT2D eigenvalue weighted by atomic mass is 35.5. The van der Waals surface area contributed by atoms with Crippen molar-refractivity contribution in [1.82, 2.24) is 4.90 Å². The summed E-state index contributed by atoms with van der Waals surface area (Å²) in [5.74, 6) is -2.52. The number of imide groups is 1. The summed E-state index contributed by atoms with van der Waals surface area (Å²) < 4.78 is 5.19. The van der Waals surface area contributed by atoms with Crippen LogP contribution in [0.15, 0.2) is 42.5 Å². The molecule has 6 nitrogen and oxygen atoms in total. The number of esters is 1. The summed E-state index contributed by atoms with van der Waals surface area (Å²) in [5, 5.41) is 0.268. The smallest absolute Gasteiger partial charge is 0.329 e. The molecule has 1 heterocycles. The molecule has 0 fully saturated rings. The second-order valence-corrected chi connectivity index (χ2v) is 8.15. The number of hydrogen-bond donors (Lipinski definition) is 0. The lowest BCUT2D eigenvalue weighted by molar-refractivity contribution is -0.147. The lowest BCUT2D eigenvalue weighted by Gasteiger charge is -2.25. The van der Waals surface area contributed by atoms with Gasteiger partial charge >= 0.3 is 5.97 Å². The Balaban J connectivity index is 1.82. The third-order valence-electron chi connectivity index (χ3n) is 4.68. The summed E-state index contributed by atoms with van der Waals surface area (Å²) in [6, 6.07) is 9.85. The molecule has 0 saturated carbocycles. The molecule has 156 valence electrons. The molecule has 30 heavy (non-hydrogen) atoms. The molecule has 8 heteroatoms. The molecule has 0 radical (unpaired) electrons. The fraction of sp³-hybridized carbons (Fsp3) is 0.273. The van der Waals surface area contributed by atoms with Crippen molar-refractivity contribution in [2.75, 3.05) is 6.61 Å². The summed E-state index contributed by atoms with van der Waals surface area (Å²) in [6.45, 7) is 3.21. The van der Waals surface area contributed by atoms with E-state index in [4.69, 9.17) is 27.9 Å². The first-order valence-corrected chi connectivity index (χ1v) is 10.1. The fourth-order valence-electron chi connectivity index (χ4n) is 3.23. The van der Waals surface area contributed by atoms with Gasteiger partial charge in [0.2, 0.25) is 0 Å². The number of benzene rings is 2. The van der Waals surface area contributed by atoms with Gasteiger partial charge in [-0.25, -0.2) is 4.79 Å². The molecule has 1 aliphatic heterocycles. The summed E-state index contributed by atoms with van der Waals surface area (Å²) in [6.07, 6.45) is 0.186. The molecule has 0 N–H and O–H groups in total. The number of hydrogen-bond acceptors (Lipinski definition) is 5. The first kappa shape index (κ1) is 22.0. The molecular weight excluding hydrogens is 429 g/mol. The molecule has 2 amide bonds. The van der Waals surface area contributed by atoms with Gasteiger partial charge in [-0.3, -0.25) is 19.3 Å². The van der Waals surface area contributed by atoms with Crippen molar-refractivity contribution >= 4 is 46.8 Å². The second-order valence-electron chi connectivity index (χ2n) is 7.33. The molecule has 0 aromatic heterocycles. The maximum Gasteiger partial charge on any atom is 0.329 e. The maximum atomic E-state index is 12.9. The van der Waals surface area contributed by atoms with Crippen LogP contribution in [0.3, 0.4) is 0 Å². The quantitative estimate of drug-likeness (QED) is 0.356. The van der Waals surface area contributed by atoms with Crippen LogP contribution in [-0.2, 0) is 9.53 Å². The number of carbonyl (C=O) groups is 4. The van der Waals surface area contributed by atoms with E-state index in [1.54, 1.807) is 30.3 Å². The van der Waals surface area contributed by atoms with Crippen LogP contribution in [0.1, 0.15) is 51.3 Å². The summed E-state index contributed by atoms with van der Waals surface area (Å²) >= 11 is 12.0. The number of ether oxygens (including phenoxy) is 1. The Morgan fingerprint density at radius 3 is 2.00 bits per heavy atom. The standard InChI is InChI=1S/C22H19Cl2NO5/c1-12(2)8-18(22(29)30-11-19(26)13-6-4-3-5-7-13)25-20(27)14-9-16(23)17(24)10-15(14)21(25)28/h3-7,9-10,12,18H,8,11H2,1-2H3/t18-/m1/s1. The van der Waals surface area contributed by atoms with Crippen LogP contribution in [0.4, 0.5) is 0 Å². The van der Waals surface area contributed by atoms with E-state index >= 15 is 0 Å². The minimum absolute atomic E-state index is 0.0242. The largest absolute Gasteiger partial charge is 0.456 e. The summed E-state index contributed by atoms with van der Waals surface area (Å²) in [5.41, 5.74) is 0.559. The van der Waals surface area contributed by atoms with Crippen LogP contribution < -0.4 is 0 Å². The molecule has 1 aliphatic rings. The average molecular weight is 448 g/mol. The molecular formula is C22H19Cl2NO5. The van der Waals surface area contributed by atoms with Crippen molar-refractivity contribution in [1.29, 1.82) is 0 Å². The second kappa shape index (κ2) is 8.98. The maximum absolute atomic E-state index is 12.9. The highest BCUT2D eigenvalue weighted by molar-refractivity contribution is 6.43. The molecule has 1 atom stereocenters. The molecule has 0 aliphatic carbocycles. The van der Waals surface area contributed by atoms with Gasteiger partial charge in [0.25, 0.3) is 11.8 Å². The van der Waals surface area contributed by atoms with E-state index in [0.29, 0.717) is 5.56 Å². The molecule has 0 unspecified atom stereocenters. The predicted molar refractivity (Wildman–Crippen MR) is 112 cm³/mol. The van der Waals surface area contributed by atoms with Gasteiger partial charge in [0.15, 0.2) is 12.4 Å². The number of nitrogens with zero attached hydrogens (tertiary/aromatic N) is 1. The van der Waals surface area contributed by atoms with Gasteiger partial charge in [-0.15, -0.1) is 0 Å². The van der Waals surface area contributed by atoms with E-state index in [9.17, 15) is 19.2 Å². The SMILES string of the molecule is CC(C)C[C@H](C(=O)OCC(=O)c1ccccc1)N1C(=O)c2cc(Cl)c(Cl)cc2C1=O. The Morgan fingerprint density at radius 1 is 0.967 bits per heavy atom. The monoisotopic (exact) mass is 447 g/mol. The van der Waals surface area contributed by atoms with Gasteiger partial charge in [-0.1, -0.05) is 67.4 Å². The zero-order chi connectivity index (χ0) is 22.0. The van der Waals surface area contributed by atoms with E-state index in [1.165, 1.54) is 12.1 Å². The first-order valence-electron chi connectivity index (χ1n) is 9.32. The Morgan fingerprint density at radius 2 is 1.50 bits per heavy atom. The Kier molecular flexibility index (Phi) is 6.58. The van der Waals surface area contributed by atoms with Gasteiger partial charge in [0.1, 0.15) is 6.04 Å². The third kappa shape index (κ3) is 4.40. The van der Waals surface area contributed by atoms with E-state index in [0.717, 1.165) is 4.90 Å². The molecule has 2 aromatic rings. The van der Waals surface area contributed by atoms with Gasteiger partial charge in [-0.05, 0) is 24.5 Å². The van der Waals surface area contributed by atoms with Gasteiger partial charge in [0, 0.05) is 5.56 Å². The predicted octanol–water partition coefficient (Wildman–Crippen LogP) is 4.43. The van der Waals surface area contributed by atoms with Crippen LogP contribution in [0.2, 0.25) is 10.0 Å². The van der Waals surface area contributed by atoms with Crippen molar-refractivity contribution in [2.24, 2.45) is 5.92 Å². The number of rotatable bonds is 7. The van der Waals surface area contributed by atoms with Crippen LogP contribution in [0.25, 0.3) is 0 Å². The zero-order valence-corrected chi connectivity index (χ0v) is 17.9. The number of ketones is 1. The van der Waals surface area contributed by atoms with Crippen LogP contribution in [0, 0.1) is 5.92 Å². The number of halogens is 2. The van der Waals surface area contributed by atoms with Crippen molar-refractivity contribution < 1.29 is 23.9 Å². The number of Topliss-reactive ketones (excluding diaryl/α,β-unsaturated/α-hetero) is 1. The first-order chi connectivity index (χ1) is 14.2. The molecule has 0 saturated heterocycles. The van der Waals surface area contributed by atoms with Gasteiger partial charge in [-0.2, -0.15) is 0 Å². The molecule has 0 spiro atoms. The van der Waals surface area contributed by atoms with Crippen molar-refractivity contribution in [3.05, 3.63) is 69.2 Å². The summed E-state index contributed by atoms with van der Waals surface area (Å²) in [4.78, 5) is 51.7. The third-order valence-corrected chi connectivity index (χ3v) is 5.40. The Hall–Kier alpha value is -2.70. The minimum Gasteiger partial charge on any atom is -0.456 e. The van der Waals surface area contributed by atoms with E-state index in [1.807, 2.05) is 13.8 Å². The van der Waals surface area contributed by atoms with E-state index in [2.05, 4.69) is 0 Å². The summed E-state index contributed by atoms with van der Waals surface area (Å²) in [7, 11) is 0. The van der Waals surface area contributed by atoms with Crippen LogP contribution >= 0.6 is 23.2 Å². The van der Waals surface area contributed by atoms with Crippen LogP contribution in [-0.4, -0.2) is 41.1 Å². The average Bonchev–Trinajstić information content (AvgIpc) is 2.94.